The first kappa shape index (κ1) is 17.4. The molecule has 0 amide bonds. The van der Waals surface area contributed by atoms with Gasteiger partial charge in [-0.05, 0) is 12.1 Å². The molecule has 138 valence electrons. The maximum atomic E-state index is 6.04. The second-order valence-electron chi connectivity index (χ2n) is 6.10. The van der Waals surface area contributed by atoms with E-state index in [1.165, 1.54) is 0 Å². The van der Waals surface area contributed by atoms with Crippen LogP contribution < -0.4 is 20.9 Å². The fraction of sp³-hybridized carbons (Fsp3) is 0. The molecule has 0 aliphatic carbocycles. The molecule has 0 unspecified atom stereocenters. The Hall–Kier alpha value is -4.06. The number of nitrogen functional groups attached to an aromatic ring is 2. The molecule has 2 heterocycles. The zero-order chi connectivity index (χ0) is 19.3. The summed E-state index contributed by atoms with van der Waals surface area (Å²) < 4.78 is 12.1. The Morgan fingerprint density at radius 2 is 1.00 bits per heavy atom. The van der Waals surface area contributed by atoms with Gasteiger partial charge in [0.2, 0.25) is 0 Å². The van der Waals surface area contributed by atoms with Crippen LogP contribution in [0.25, 0.3) is 11.1 Å². The minimum atomic E-state index is 0.535. The van der Waals surface area contributed by atoms with Crippen LogP contribution in [0.15, 0.2) is 85.5 Å². The molecule has 0 saturated carbocycles. The van der Waals surface area contributed by atoms with E-state index in [-0.39, 0.29) is 0 Å². The van der Waals surface area contributed by atoms with Crippen LogP contribution in [0.4, 0.5) is 11.4 Å². The summed E-state index contributed by atoms with van der Waals surface area (Å²) in [4.78, 5) is 8.14. The number of anilines is 2. The van der Waals surface area contributed by atoms with Crippen molar-refractivity contribution in [1.82, 2.24) is 9.97 Å². The summed E-state index contributed by atoms with van der Waals surface area (Å²) in [6, 6.07) is 18.9. The lowest BCUT2D eigenvalue weighted by atomic mass is 10.0. The average molecular weight is 370 g/mol. The van der Waals surface area contributed by atoms with Gasteiger partial charge < -0.3 is 20.9 Å². The number of pyridine rings is 2. The van der Waals surface area contributed by atoms with Crippen LogP contribution in [0.1, 0.15) is 0 Å². The molecule has 0 bridgehead atoms. The molecule has 0 saturated heterocycles. The lowest BCUT2D eigenvalue weighted by Gasteiger charge is -2.15. The number of benzene rings is 2. The minimum absolute atomic E-state index is 0.535. The molecule has 0 aliphatic rings. The van der Waals surface area contributed by atoms with Gasteiger partial charge in [-0.15, -0.1) is 0 Å². The zero-order valence-corrected chi connectivity index (χ0v) is 14.9. The van der Waals surface area contributed by atoms with Crippen molar-refractivity contribution in [1.29, 1.82) is 0 Å². The molecule has 4 aromatic rings. The number of rotatable bonds is 5. The molecule has 0 atom stereocenters. The molecule has 0 aliphatic heterocycles. The number of para-hydroxylation sites is 2. The summed E-state index contributed by atoms with van der Waals surface area (Å²) >= 11 is 0. The fourth-order valence-corrected chi connectivity index (χ4v) is 2.79. The average Bonchev–Trinajstić information content (AvgIpc) is 2.69. The summed E-state index contributed by atoms with van der Waals surface area (Å²) in [6.45, 7) is 0. The van der Waals surface area contributed by atoms with Crippen molar-refractivity contribution in [3.8, 4) is 34.1 Å². The summed E-state index contributed by atoms with van der Waals surface area (Å²) in [5.41, 5.74) is 14.4. The van der Waals surface area contributed by atoms with Gasteiger partial charge in [0.05, 0.1) is 36.2 Å². The molecule has 6 nitrogen and oxygen atoms in total. The largest absolute Gasteiger partial charge is 0.455 e. The van der Waals surface area contributed by atoms with E-state index in [0.717, 1.165) is 11.1 Å². The smallest absolute Gasteiger partial charge is 0.147 e. The lowest BCUT2D eigenvalue weighted by Crippen LogP contribution is -1.94. The lowest BCUT2D eigenvalue weighted by molar-refractivity contribution is 0.475. The van der Waals surface area contributed by atoms with Crippen LogP contribution in [0.3, 0.4) is 0 Å². The van der Waals surface area contributed by atoms with Gasteiger partial charge in [-0.2, -0.15) is 0 Å². The normalized spacial score (nSPS) is 10.4. The van der Waals surface area contributed by atoms with Crippen LogP contribution in [0, 0.1) is 0 Å². The van der Waals surface area contributed by atoms with Gasteiger partial charge in [-0.3, -0.25) is 9.97 Å². The highest BCUT2D eigenvalue weighted by atomic mass is 16.5. The van der Waals surface area contributed by atoms with Gasteiger partial charge in [-0.1, -0.05) is 36.4 Å². The standard InChI is InChI=1S/C22H18N4O2/c23-15-9-17(13-25-11-15)27-21-7-3-1-5-19(21)20-6-2-4-8-22(20)28-18-10-16(24)12-26-14-18/h1-14H,23-24H2. The van der Waals surface area contributed by atoms with Crippen molar-refractivity contribution < 1.29 is 9.47 Å². The highest BCUT2D eigenvalue weighted by Crippen LogP contribution is 2.39. The van der Waals surface area contributed by atoms with E-state index in [2.05, 4.69) is 9.97 Å². The molecule has 0 spiro atoms. The van der Waals surface area contributed by atoms with Gasteiger partial charge in [0, 0.05) is 23.3 Å². The SMILES string of the molecule is Nc1cncc(Oc2ccccc2-c2ccccc2Oc2cncc(N)c2)c1. The second kappa shape index (κ2) is 7.67. The maximum absolute atomic E-state index is 6.04. The van der Waals surface area contributed by atoms with Gasteiger partial charge in [0.1, 0.15) is 23.0 Å². The molecule has 2 aromatic heterocycles. The van der Waals surface area contributed by atoms with Crippen molar-refractivity contribution in [3.63, 3.8) is 0 Å². The third-order valence-electron chi connectivity index (χ3n) is 3.99. The van der Waals surface area contributed by atoms with Crippen molar-refractivity contribution in [2.24, 2.45) is 0 Å². The quantitative estimate of drug-likeness (QED) is 0.519. The molecule has 0 fully saturated rings. The van der Waals surface area contributed by atoms with E-state index in [1.807, 2.05) is 48.5 Å². The number of nitrogens with two attached hydrogens (primary N) is 2. The first-order valence-corrected chi connectivity index (χ1v) is 8.64. The number of ether oxygens (including phenoxy) is 2. The third-order valence-corrected chi connectivity index (χ3v) is 3.99. The highest BCUT2D eigenvalue weighted by Gasteiger charge is 2.13. The fourth-order valence-electron chi connectivity index (χ4n) is 2.79. The molecule has 2 aromatic carbocycles. The van der Waals surface area contributed by atoms with Gasteiger partial charge in [0.25, 0.3) is 0 Å². The summed E-state index contributed by atoms with van der Waals surface area (Å²) in [5, 5.41) is 0. The van der Waals surface area contributed by atoms with Crippen molar-refractivity contribution in [3.05, 3.63) is 85.5 Å². The van der Waals surface area contributed by atoms with Gasteiger partial charge >= 0.3 is 0 Å². The van der Waals surface area contributed by atoms with Gasteiger partial charge in [-0.25, -0.2) is 0 Å². The first-order valence-electron chi connectivity index (χ1n) is 8.64. The first-order chi connectivity index (χ1) is 13.7. The van der Waals surface area contributed by atoms with Crippen molar-refractivity contribution in [2.75, 3.05) is 11.5 Å². The van der Waals surface area contributed by atoms with Crippen LogP contribution in [0.2, 0.25) is 0 Å². The zero-order valence-electron chi connectivity index (χ0n) is 14.9. The minimum Gasteiger partial charge on any atom is -0.455 e. The summed E-state index contributed by atoms with van der Waals surface area (Å²) in [5.74, 6) is 2.45. The van der Waals surface area contributed by atoms with E-state index in [0.29, 0.717) is 34.4 Å². The monoisotopic (exact) mass is 370 g/mol. The molecule has 4 rings (SSSR count). The highest BCUT2D eigenvalue weighted by molar-refractivity contribution is 5.76. The van der Waals surface area contributed by atoms with Crippen molar-refractivity contribution in [2.45, 2.75) is 0 Å². The molecule has 4 N–H and O–H groups in total. The van der Waals surface area contributed by atoms with Crippen LogP contribution in [-0.2, 0) is 0 Å². The van der Waals surface area contributed by atoms with E-state index in [9.17, 15) is 0 Å². The van der Waals surface area contributed by atoms with Gasteiger partial charge in [0.15, 0.2) is 0 Å². The Balaban J connectivity index is 1.72. The van der Waals surface area contributed by atoms with E-state index in [1.54, 1.807) is 36.9 Å². The third kappa shape index (κ3) is 3.86. The van der Waals surface area contributed by atoms with Crippen LogP contribution >= 0.6 is 0 Å². The van der Waals surface area contributed by atoms with Crippen molar-refractivity contribution >= 4 is 11.4 Å². The Morgan fingerprint density at radius 3 is 1.43 bits per heavy atom. The van der Waals surface area contributed by atoms with E-state index in [4.69, 9.17) is 20.9 Å². The molecular weight excluding hydrogens is 352 g/mol. The number of nitrogens with zero attached hydrogens (tertiary/aromatic N) is 2. The second-order valence-corrected chi connectivity index (χ2v) is 6.10. The Kier molecular flexibility index (Phi) is 4.76. The molecule has 0 radical (unpaired) electrons. The Morgan fingerprint density at radius 1 is 0.571 bits per heavy atom. The summed E-state index contributed by atoms with van der Waals surface area (Å²) in [7, 11) is 0. The Labute approximate surface area is 162 Å². The number of aromatic nitrogens is 2. The van der Waals surface area contributed by atoms with Crippen LogP contribution in [0.5, 0.6) is 23.0 Å². The topological polar surface area (TPSA) is 96.3 Å². The predicted octanol–water partition coefficient (Wildman–Crippen LogP) is 4.89. The van der Waals surface area contributed by atoms with E-state index < -0.39 is 0 Å². The molecule has 6 heteroatoms. The maximum Gasteiger partial charge on any atom is 0.147 e. The number of hydrogen-bond donors (Lipinski definition) is 2. The molecule has 28 heavy (non-hydrogen) atoms. The van der Waals surface area contributed by atoms with Crippen LogP contribution in [-0.4, -0.2) is 9.97 Å². The van der Waals surface area contributed by atoms with E-state index >= 15 is 0 Å². The predicted molar refractivity (Wildman–Crippen MR) is 109 cm³/mol. The Bertz CT molecular complexity index is 1030. The summed E-state index contributed by atoms with van der Waals surface area (Å²) in [6.07, 6.45) is 6.38. The molecular formula is C22H18N4O2. The number of hydrogen-bond acceptors (Lipinski definition) is 6.